The summed E-state index contributed by atoms with van der Waals surface area (Å²) in [5, 5.41) is 0.543. The highest BCUT2D eigenvalue weighted by molar-refractivity contribution is 7.71. The number of halogens is 1. The molecular weight excluding hydrogens is 308 g/mol. The van der Waals surface area contributed by atoms with Gasteiger partial charge in [0.15, 0.2) is 10.4 Å². The Morgan fingerprint density at radius 2 is 2.14 bits per heavy atom. The van der Waals surface area contributed by atoms with Gasteiger partial charge >= 0.3 is 0 Å². The van der Waals surface area contributed by atoms with E-state index in [1.54, 1.807) is 16.8 Å². The Kier molecular flexibility index (Phi) is 3.99. The topological polar surface area (TPSA) is 53.9 Å². The lowest BCUT2D eigenvalue weighted by molar-refractivity contribution is -0.135. The largest absolute Gasteiger partial charge is 0.341 e. The maximum Gasteiger partial charge on any atom is 0.245 e. The van der Waals surface area contributed by atoms with E-state index in [2.05, 4.69) is 9.97 Å². The van der Waals surface area contributed by atoms with Crippen molar-refractivity contribution in [3.63, 3.8) is 0 Å². The molecule has 112 valence electrons. The molecule has 1 fully saturated rings. The molecule has 0 aromatic carbocycles. The van der Waals surface area contributed by atoms with Gasteiger partial charge < -0.3 is 9.88 Å². The van der Waals surface area contributed by atoms with Crippen LogP contribution in [0.25, 0.3) is 11.2 Å². The lowest BCUT2D eigenvalue weighted by atomic mass is 10.1. The quantitative estimate of drug-likeness (QED) is 0.862. The van der Waals surface area contributed by atoms with Crippen LogP contribution in [0.3, 0.4) is 0 Å². The molecule has 7 heteroatoms. The standard InChI is InChI=1S/C14H17ClN4OS/c1-9(13(20)18-5-3-2-4-6-18)19-12-11(17-14(19)21)7-10(15)8-16-12/h7-9H,2-6H2,1H3,(H,17,21). The lowest BCUT2D eigenvalue weighted by Crippen LogP contribution is -2.39. The molecule has 21 heavy (non-hydrogen) atoms. The molecule has 0 saturated carbocycles. The zero-order valence-corrected chi connectivity index (χ0v) is 13.4. The first-order valence-electron chi connectivity index (χ1n) is 7.12. The molecule has 0 bridgehead atoms. The molecule has 1 aliphatic heterocycles. The van der Waals surface area contributed by atoms with Gasteiger partial charge in [0.2, 0.25) is 5.91 Å². The molecule has 3 rings (SSSR count). The fourth-order valence-electron chi connectivity index (χ4n) is 2.84. The molecule has 0 spiro atoms. The number of piperidine rings is 1. The van der Waals surface area contributed by atoms with Crippen molar-refractivity contribution in [2.75, 3.05) is 13.1 Å². The Labute approximate surface area is 132 Å². The van der Waals surface area contributed by atoms with Crippen molar-refractivity contribution >= 4 is 40.9 Å². The maximum absolute atomic E-state index is 12.7. The Morgan fingerprint density at radius 3 is 2.86 bits per heavy atom. The third-order valence-corrected chi connectivity index (χ3v) is 4.44. The summed E-state index contributed by atoms with van der Waals surface area (Å²) in [6, 6.07) is 1.41. The summed E-state index contributed by atoms with van der Waals surface area (Å²) in [5.74, 6) is 0.100. The highest BCUT2D eigenvalue weighted by atomic mass is 35.5. The van der Waals surface area contributed by atoms with Crippen LogP contribution in [0.15, 0.2) is 12.3 Å². The number of imidazole rings is 1. The van der Waals surface area contributed by atoms with E-state index in [9.17, 15) is 4.79 Å². The number of fused-ring (bicyclic) bond motifs is 1. The van der Waals surface area contributed by atoms with Crippen molar-refractivity contribution in [2.24, 2.45) is 0 Å². The number of aromatic amines is 1. The van der Waals surface area contributed by atoms with Crippen LogP contribution in [0.4, 0.5) is 0 Å². The van der Waals surface area contributed by atoms with E-state index in [-0.39, 0.29) is 11.9 Å². The van der Waals surface area contributed by atoms with Crippen LogP contribution in [0, 0.1) is 4.77 Å². The fourth-order valence-corrected chi connectivity index (χ4v) is 3.35. The highest BCUT2D eigenvalue weighted by Gasteiger charge is 2.25. The van der Waals surface area contributed by atoms with E-state index >= 15 is 0 Å². The summed E-state index contributed by atoms with van der Waals surface area (Å²) < 4.78 is 2.27. The molecule has 2 aromatic rings. The highest BCUT2D eigenvalue weighted by Crippen LogP contribution is 2.22. The molecular formula is C14H17ClN4OS. The molecule has 2 aromatic heterocycles. The SMILES string of the molecule is CC(C(=O)N1CCCCC1)n1c(=S)[nH]c2cc(Cl)cnc21. The van der Waals surface area contributed by atoms with E-state index in [0.717, 1.165) is 31.4 Å². The van der Waals surface area contributed by atoms with Crippen LogP contribution in [0.5, 0.6) is 0 Å². The van der Waals surface area contributed by atoms with Gasteiger partial charge in [-0.1, -0.05) is 11.6 Å². The summed E-state index contributed by atoms with van der Waals surface area (Å²) in [5.41, 5.74) is 1.42. The van der Waals surface area contributed by atoms with Crippen molar-refractivity contribution in [1.29, 1.82) is 0 Å². The predicted molar refractivity (Wildman–Crippen MR) is 85.1 cm³/mol. The minimum atomic E-state index is -0.363. The molecule has 0 radical (unpaired) electrons. The molecule has 3 heterocycles. The molecule has 5 nitrogen and oxygen atoms in total. The summed E-state index contributed by atoms with van der Waals surface area (Å²) >= 11 is 11.3. The van der Waals surface area contributed by atoms with Crippen molar-refractivity contribution < 1.29 is 4.79 Å². The first-order chi connectivity index (χ1) is 10.1. The van der Waals surface area contributed by atoms with Crippen molar-refractivity contribution in [1.82, 2.24) is 19.4 Å². The molecule has 0 aliphatic carbocycles. The zero-order chi connectivity index (χ0) is 15.0. The number of amides is 1. The number of carbonyl (C=O) groups excluding carboxylic acids is 1. The Hall–Kier alpha value is -1.40. The van der Waals surface area contributed by atoms with Crippen LogP contribution in [-0.2, 0) is 4.79 Å². The monoisotopic (exact) mass is 324 g/mol. The van der Waals surface area contributed by atoms with Gasteiger partial charge in [-0.25, -0.2) is 4.98 Å². The predicted octanol–water partition coefficient (Wildman–Crippen LogP) is 3.32. The van der Waals surface area contributed by atoms with Gasteiger partial charge in [-0.15, -0.1) is 0 Å². The second-order valence-electron chi connectivity index (χ2n) is 5.39. The van der Waals surface area contributed by atoms with Gasteiger partial charge in [-0.3, -0.25) is 9.36 Å². The van der Waals surface area contributed by atoms with E-state index in [1.807, 2.05) is 11.8 Å². The number of aromatic nitrogens is 3. The van der Waals surface area contributed by atoms with Gasteiger partial charge in [0.05, 0.1) is 10.5 Å². The van der Waals surface area contributed by atoms with Crippen LogP contribution < -0.4 is 0 Å². The number of hydrogen-bond acceptors (Lipinski definition) is 3. The van der Waals surface area contributed by atoms with E-state index in [4.69, 9.17) is 23.8 Å². The van der Waals surface area contributed by atoms with Crippen molar-refractivity contribution in [2.45, 2.75) is 32.2 Å². The minimum Gasteiger partial charge on any atom is -0.341 e. The van der Waals surface area contributed by atoms with Crippen LogP contribution >= 0.6 is 23.8 Å². The van der Waals surface area contributed by atoms with Crippen molar-refractivity contribution in [3.8, 4) is 0 Å². The minimum absolute atomic E-state index is 0.100. The first-order valence-corrected chi connectivity index (χ1v) is 7.91. The van der Waals surface area contributed by atoms with E-state index in [1.165, 1.54) is 6.42 Å². The second-order valence-corrected chi connectivity index (χ2v) is 6.21. The maximum atomic E-state index is 12.7. The van der Waals surface area contributed by atoms with Gasteiger partial charge in [-0.05, 0) is 44.5 Å². The summed E-state index contributed by atoms with van der Waals surface area (Å²) in [4.78, 5) is 22.0. The molecule has 1 atom stereocenters. The molecule has 1 N–H and O–H groups in total. The normalized spacial score (nSPS) is 17.1. The van der Waals surface area contributed by atoms with E-state index in [0.29, 0.717) is 15.4 Å². The van der Waals surface area contributed by atoms with E-state index < -0.39 is 0 Å². The van der Waals surface area contributed by atoms with Crippen LogP contribution in [0.1, 0.15) is 32.2 Å². The Balaban J connectivity index is 1.97. The van der Waals surface area contributed by atoms with Gasteiger partial charge in [0, 0.05) is 19.3 Å². The average molecular weight is 325 g/mol. The number of rotatable bonds is 2. The third-order valence-electron chi connectivity index (χ3n) is 3.93. The molecule has 1 unspecified atom stereocenters. The average Bonchev–Trinajstić information content (AvgIpc) is 2.81. The number of nitrogens with zero attached hydrogens (tertiary/aromatic N) is 3. The van der Waals surface area contributed by atoms with Gasteiger partial charge in [0.1, 0.15) is 6.04 Å². The van der Waals surface area contributed by atoms with Crippen LogP contribution in [-0.4, -0.2) is 38.4 Å². The van der Waals surface area contributed by atoms with Crippen LogP contribution in [0.2, 0.25) is 5.02 Å². The summed E-state index contributed by atoms with van der Waals surface area (Å²) in [7, 11) is 0. The molecule has 1 amide bonds. The number of H-pyrrole nitrogens is 1. The zero-order valence-electron chi connectivity index (χ0n) is 11.8. The van der Waals surface area contributed by atoms with Gasteiger partial charge in [0.25, 0.3) is 0 Å². The Morgan fingerprint density at radius 1 is 1.43 bits per heavy atom. The van der Waals surface area contributed by atoms with Gasteiger partial charge in [-0.2, -0.15) is 0 Å². The van der Waals surface area contributed by atoms with Crippen molar-refractivity contribution in [3.05, 3.63) is 22.1 Å². The number of likely N-dealkylation sites (tertiary alicyclic amines) is 1. The first kappa shape index (κ1) is 14.5. The third kappa shape index (κ3) is 2.70. The number of pyridine rings is 1. The molecule has 1 saturated heterocycles. The lowest BCUT2D eigenvalue weighted by Gasteiger charge is -2.29. The smallest absolute Gasteiger partial charge is 0.245 e. The Bertz CT molecular complexity index is 732. The molecule has 1 aliphatic rings. The summed E-state index contributed by atoms with van der Waals surface area (Å²) in [6.45, 7) is 3.53. The fraction of sp³-hybridized carbons (Fsp3) is 0.500. The second kappa shape index (κ2) is 5.77. The summed E-state index contributed by atoms with van der Waals surface area (Å²) in [6.07, 6.45) is 4.92. The number of hydrogen-bond donors (Lipinski definition) is 1. The number of carbonyl (C=O) groups is 1. The number of nitrogens with one attached hydrogen (secondary N) is 1.